The first kappa shape index (κ1) is 13.1. The number of hydrogen-bond acceptors (Lipinski definition) is 3. The lowest BCUT2D eigenvalue weighted by Gasteiger charge is -2.00. The Labute approximate surface area is 124 Å². The van der Waals surface area contributed by atoms with Crippen LogP contribution in [0.25, 0.3) is 21.8 Å². The predicted molar refractivity (Wildman–Crippen MR) is 82.4 cm³/mol. The maximum absolute atomic E-state index is 13.8. The van der Waals surface area contributed by atoms with Crippen molar-refractivity contribution >= 4 is 28.6 Å². The molecule has 0 spiro atoms. The van der Waals surface area contributed by atoms with E-state index in [1.165, 1.54) is 23.5 Å². The Balaban J connectivity index is 2.04. The van der Waals surface area contributed by atoms with Crippen molar-refractivity contribution in [1.82, 2.24) is 4.98 Å². The quantitative estimate of drug-likeness (QED) is 0.687. The summed E-state index contributed by atoms with van der Waals surface area (Å²) in [4.78, 5) is 4.46. The Morgan fingerprint density at radius 3 is 2.80 bits per heavy atom. The fourth-order valence-electron chi connectivity index (χ4n) is 1.89. The lowest BCUT2D eigenvalue weighted by Crippen LogP contribution is -1.86. The average Bonchev–Trinajstić information content (AvgIpc) is 2.91. The molecule has 2 nitrogen and oxygen atoms in total. The summed E-state index contributed by atoms with van der Waals surface area (Å²) < 4.78 is 13.8. The highest BCUT2D eigenvalue weighted by atomic mass is 35.5. The molecule has 0 unspecified atom stereocenters. The van der Waals surface area contributed by atoms with Gasteiger partial charge < -0.3 is 5.73 Å². The van der Waals surface area contributed by atoms with E-state index in [1.54, 1.807) is 6.07 Å². The minimum Gasteiger partial charge on any atom is -0.399 e. The van der Waals surface area contributed by atoms with Gasteiger partial charge in [-0.1, -0.05) is 23.7 Å². The number of thiazole rings is 1. The zero-order chi connectivity index (χ0) is 14.1. The molecule has 100 valence electrons. The monoisotopic (exact) mass is 304 g/mol. The number of rotatable bonds is 2. The van der Waals surface area contributed by atoms with Crippen LogP contribution in [-0.4, -0.2) is 4.98 Å². The first-order valence-corrected chi connectivity index (χ1v) is 7.16. The zero-order valence-corrected chi connectivity index (χ0v) is 11.9. The molecule has 1 aromatic heterocycles. The number of nitrogens with zero attached hydrogens (tertiary/aromatic N) is 1. The Kier molecular flexibility index (Phi) is 3.42. The Hall–Kier alpha value is -1.91. The highest BCUT2D eigenvalue weighted by Crippen LogP contribution is 2.32. The molecule has 0 amide bonds. The Bertz CT molecular complexity index is 770. The van der Waals surface area contributed by atoms with Gasteiger partial charge in [-0.15, -0.1) is 11.3 Å². The van der Waals surface area contributed by atoms with Crippen molar-refractivity contribution in [3.63, 3.8) is 0 Å². The van der Waals surface area contributed by atoms with Crippen molar-refractivity contribution in [1.29, 1.82) is 0 Å². The minimum absolute atomic E-state index is 0.331. The molecule has 0 fully saturated rings. The fraction of sp³-hybridized carbons (Fsp3) is 0. The SMILES string of the molecule is Nc1cccc(-c2csc(-c3cc(Cl)ccc3F)n2)c1. The number of nitrogen functional groups attached to an aromatic ring is 1. The smallest absolute Gasteiger partial charge is 0.133 e. The first-order chi connectivity index (χ1) is 9.63. The largest absolute Gasteiger partial charge is 0.399 e. The predicted octanol–water partition coefficient (Wildman–Crippen LogP) is 4.85. The minimum atomic E-state index is -0.331. The molecule has 0 aliphatic rings. The van der Waals surface area contributed by atoms with Crippen molar-refractivity contribution in [2.45, 2.75) is 0 Å². The van der Waals surface area contributed by atoms with Crippen LogP contribution in [0.2, 0.25) is 5.02 Å². The van der Waals surface area contributed by atoms with Crippen molar-refractivity contribution in [2.24, 2.45) is 0 Å². The molecule has 3 aromatic rings. The molecule has 0 bridgehead atoms. The summed E-state index contributed by atoms with van der Waals surface area (Å²) in [5.41, 5.74) is 8.53. The molecule has 5 heteroatoms. The molecule has 0 aliphatic carbocycles. The van der Waals surface area contributed by atoms with Gasteiger partial charge in [0.05, 0.1) is 5.69 Å². The number of benzene rings is 2. The van der Waals surface area contributed by atoms with E-state index in [4.69, 9.17) is 17.3 Å². The van der Waals surface area contributed by atoms with Crippen LogP contribution in [0, 0.1) is 5.82 Å². The lowest BCUT2D eigenvalue weighted by atomic mass is 10.1. The molecule has 2 aromatic carbocycles. The third-order valence-electron chi connectivity index (χ3n) is 2.85. The molecule has 2 N–H and O–H groups in total. The summed E-state index contributed by atoms with van der Waals surface area (Å²) in [7, 11) is 0. The zero-order valence-electron chi connectivity index (χ0n) is 10.3. The molecule has 0 saturated heterocycles. The molecule has 0 saturated carbocycles. The van der Waals surface area contributed by atoms with Crippen molar-refractivity contribution in [3.05, 3.63) is 58.7 Å². The number of nitrogens with two attached hydrogens (primary N) is 1. The summed E-state index contributed by atoms with van der Waals surface area (Å²) in [6, 6.07) is 11.9. The van der Waals surface area contributed by atoms with Crippen molar-refractivity contribution in [2.75, 3.05) is 5.73 Å². The number of halogens is 2. The van der Waals surface area contributed by atoms with Gasteiger partial charge in [-0.25, -0.2) is 9.37 Å². The van der Waals surface area contributed by atoms with Crippen molar-refractivity contribution < 1.29 is 4.39 Å². The molecule has 1 heterocycles. The maximum Gasteiger partial charge on any atom is 0.133 e. The molecular formula is C15H10ClFN2S. The second-order valence-corrected chi connectivity index (χ2v) is 5.58. The van der Waals surface area contributed by atoms with E-state index in [1.807, 2.05) is 29.6 Å². The molecule has 0 atom stereocenters. The lowest BCUT2D eigenvalue weighted by molar-refractivity contribution is 0.631. The van der Waals surface area contributed by atoms with Crippen LogP contribution in [-0.2, 0) is 0 Å². The number of hydrogen-bond donors (Lipinski definition) is 1. The summed E-state index contributed by atoms with van der Waals surface area (Å²) in [6.45, 7) is 0. The van der Waals surface area contributed by atoms with Gasteiger partial charge in [0.25, 0.3) is 0 Å². The summed E-state index contributed by atoms with van der Waals surface area (Å²) in [5.74, 6) is -0.331. The van der Waals surface area contributed by atoms with Gasteiger partial charge in [0.1, 0.15) is 10.8 Å². The number of aromatic nitrogens is 1. The van der Waals surface area contributed by atoms with Gasteiger partial charge in [0.2, 0.25) is 0 Å². The topological polar surface area (TPSA) is 38.9 Å². The van der Waals surface area contributed by atoms with E-state index in [9.17, 15) is 4.39 Å². The number of anilines is 1. The van der Waals surface area contributed by atoms with Gasteiger partial charge in [0.15, 0.2) is 0 Å². The van der Waals surface area contributed by atoms with Crippen LogP contribution >= 0.6 is 22.9 Å². The van der Waals surface area contributed by atoms with E-state index < -0.39 is 0 Å². The van der Waals surface area contributed by atoms with Gasteiger partial charge in [-0.2, -0.15) is 0 Å². The molecule has 0 radical (unpaired) electrons. The van der Waals surface area contributed by atoms with Crippen LogP contribution in [0.3, 0.4) is 0 Å². The van der Waals surface area contributed by atoms with E-state index in [0.717, 1.165) is 11.3 Å². The van der Waals surface area contributed by atoms with Gasteiger partial charge in [-0.05, 0) is 30.3 Å². The molecular weight excluding hydrogens is 295 g/mol. The summed E-state index contributed by atoms with van der Waals surface area (Å²) >= 11 is 7.28. The highest BCUT2D eigenvalue weighted by molar-refractivity contribution is 7.13. The van der Waals surface area contributed by atoms with Crippen molar-refractivity contribution in [3.8, 4) is 21.8 Å². The van der Waals surface area contributed by atoms with Gasteiger partial charge in [-0.3, -0.25) is 0 Å². The normalized spacial score (nSPS) is 10.7. The Morgan fingerprint density at radius 1 is 1.15 bits per heavy atom. The third kappa shape index (κ3) is 2.53. The highest BCUT2D eigenvalue weighted by Gasteiger charge is 2.11. The molecule has 20 heavy (non-hydrogen) atoms. The van der Waals surface area contributed by atoms with Crippen LogP contribution in [0.15, 0.2) is 47.8 Å². The fourth-order valence-corrected chi connectivity index (χ4v) is 2.91. The molecule has 3 rings (SSSR count). The van der Waals surface area contributed by atoms with Crippen LogP contribution in [0.5, 0.6) is 0 Å². The maximum atomic E-state index is 13.8. The average molecular weight is 305 g/mol. The van der Waals surface area contributed by atoms with Crippen LogP contribution in [0.4, 0.5) is 10.1 Å². The third-order valence-corrected chi connectivity index (χ3v) is 3.96. The second-order valence-electron chi connectivity index (χ2n) is 4.29. The first-order valence-electron chi connectivity index (χ1n) is 5.90. The van der Waals surface area contributed by atoms with E-state index in [0.29, 0.717) is 21.3 Å². The summed E-state index contributed by atoms with van der Waals surface area (Å²) in [6.07, 6.45) is 0. The van der Waals surface area contributed by atoms with Crippen LogP contribution < -0.4 is 5.73 Å². The molecule has 0 aliphatic heterocycles. The van der Waals surface area contributed by atoms with Gasteiger partial charge >= 0.3 is 0 Å². The van der Waals surface area contributed by atoms with E-state index in [2.05, 4.69) is 4.98 Å². The second kappa shape index (κ2) is 5.23. The standard InChI is InChI=1S/C15H10ClFN2S/c16-10-4-5-13(17)12(7-10)15-19-14(8-20-15)9-2-1-3-11(18)6-9/h1-8H,18H2. The van der Waals surface area contributed by atoms with E-state index >= 15 is 0 Å². The van der Waals surface area contributed by atoms with Crippen LogP contribution in [0.1, 0.15) is 0 Å². The van der Waals surface area contributed by atoms with Gasteiger partial charge in [0, 0.05) is 27.2 Å². The summed E-state index contributed by atoms with van der Waals surface area (Å²) in [5, 5.41) is 2.97. The Morgan fingerprint density at radius 2 is 2.00 bits per heavy atom. The van der Waals surface area contributed by atoms with E-state index in [-0.39, 0.29) is 5.82 Å².